The standard InChI is InChI=1S/C18H23NO3/c1-12-16(18(21)22)7-8-19(12)17(20)11-13-9-15(10-13)14-5-3-2-4-6-14/h2-6,12-13,15-16H,7-11H2,1H3,(H,21,22). The van der Waals surface area contributed by atoms with Crippen molar-refractivity contribution >= 4 is 11.9 Å². The second kappa shape index (κ2) is 6.11. The lowest BCUT2D eigenvalue weighted by molar-refractivity contribution is -0.143. The van der Waals surface area contributed by atoms with Crippen LogP contribution in [0.5, 0.6) is 0 Å². The Hall–Kier alpha value is -1.84. The molecule has 1 aliphatic heterocycles. The third kappa shape index (κ3) is 2.87. The molecule has 2 fully saturated rings. The van der Waals surface area contributed by atoms with E-state index in [9.17, 15) is 9.59 Å². The first-order valence-corrected chi connectivity index (χ1v) is 8.13. The van der Waals surface area contributed by atoms with Crippen LogP contribution in [0.25, 0.3) is 0 Å². The normalized spacial score (nSPS) is 30.9. The van der Waals surface area contributed by atoms with E-state index in [0.717, 1.165) is 12.8 Å². The zero-order valence-electron chi connectivity index (χ0n) is 12.9. The van der Waals surface area contributed by atoms with E-state index < -0.39 is 11.9 Å². The van der Waals surface area contributed by atoms with E-state index in [1.165, 1.54) is 5.56 Å². The van der Waals surface area contributed by atoms with Gasteiger partial charge in [-0.25, -0.2) is 0 Å². The summed E-state index contributed by atoms with van der Waals surface area (Å²) >= 11 is 0. The number of hydrogen-bond donors (Lipinski definition) is 1. The van der Waals surface area contributed by atoms with Gasteiger partial charge in [-0.2, -0.15) is 0 Å². The van der Waals surface area contributed by atoms with Crippen molar-refractivity contribution in [2.45, 2.75) is 44.6 Å². The highest BCUT2D eigenvalue weighted by Gasteiger charge is 2.40. The van der Waals surface area contributed by atoms with E-state index in [1.807, 2.05) is 13.0 Å². The molecule has 1 aromatic rings. The number of carboxylic acid groups (broad SMARTS) is 1. The Morgan fingerprint density at radius 2 is 1.91 bits per heavy atom. The largest absolute Gasteiger partial charge is 0.481 e. The molecule has 4 nitrogen and oxygen atoms in total. The number of carbonyl (C=O) groups is 2. The van der Waals surface area contributed by atoms with Crippen molar-refractivity contribution in [1.82, 2.24) is 4.90 Å². The van der Waals surface area contributed by atoms with Crippen LogP contribution in [0.4, 0.5) is 0 Å². The summed E-state index contributed by atoms with van der Waals surface area (Å²) < 4.78 is 0. The topological polar surface area (TPSA) is 57.6 Å². The number of aliphatic carboxylic acids is 1. The number of carboxylic acids is 1. The van der Waals surface area contributed by atoms with Crippen LogP contribution in [0.1, 0.15) is 44.1 Å². The molecular formula is C18H23NO3. The van der Waals surface area contributed by atoms with Gasteiger partial charge >= 0.3 is 5.97 Å². The van der Waals surface area contributed by atoms with E-state index in [0.29, 0.717) is 31.2 Å². The Balaban J connectivity index is 1.49. The zero-order chi connectivity index (χ0) is 15.7. The van der Waals surface area contributed by atoms with Gasteiger partial charge in [-0.05, 0) is 43.6 Å². The van der Waals surface area contributed by atoms with Gasteiger partial charge in [0, 0.05) is 19.0 Å². The molecule has 1 heterocycles. The zero-order valence-corrected chi connectivity index (χ0v) is 12.9. The number of rotatable bonds is 4. The Kier molecular flexibility index (Phi) is 4.19. The Labute approximate surface area is 131 Å². The lowest BCUT2D eigenvalue weighted by Gasteiger charge is -2.36. The predicted octanol–water partition coefficient (Wildman–Crippen LogP) is 2.89. The van der Waals surface area contributed by atoms with Crippen LogP contribution in [0.2, 0.25) is 0 Å². The number of amides is 1. The highest BCUT2D eigenvalue weighted by atomic mass is 16.4. The lowest BCUT2D eigenvalue weighted by Crippen LogP contribution is -2.39. The minimum atomic E-state index is -0.782. The van der Waals surface area contributed by atoms with E-state index in [2.05, 4.69) is 24.3 Å². The Morgan fingerprint density at radius 3 is 2.50 bits per heavy atom. The van der Waals surface area contributed by atoms with Crippen LogP contribution in [-0.4, -0.2) is 34.5 Å². The lowest BCUT2D eigenvalue weighted by atomic mass is 9.70. The number of hydrogen-bond acceptors (Lipinski definition) is 2. The molecule has 1 saturated carbocycles. The van der Waals surface area contributed by atoms with Gasteiger partial charge in [-0.3, -0.25) is 9.59 Å². The number of likely N-dealkylation sites (tertiary alicyclic amines) is 1. The molecule has 2 unspecified atom stereocenters. The van der Waals surface area contributed by atoms with Crippen molar-refractivity contribution < 1.29 is 14.7 Å². The number of carbonyl (C=O) groups excluding carboxylic acids is 1. The minimum absolute atomic E-state index is 0.132. The van der Waals surface area contributed by atoms with E-state index >= 15 is 0 Å². The van der Waals surface area contributed by atoms with Gasteiger partial charge in [0.1, 0.15) is 0 Å². The summed E-state index contributed by atoms with van der Waals surface area (Å²) in [5, 5.41) is 9.15. The molecule has 22 heavy (non-hydrogen) atoms. The Morgan fingerprint density at radius 1 is 1.23 bits per heavy atom. The van der Waals surface area contributed by atoms with Crippen LogP contribution in [0, 0.1) is 11.8 Å². The average molecular weight is 301 g/mol. The van der Waals surface area contributed by atoms with Crippen molar-refractivity contribution in [3.8, 4) is 0 Å². The fourth-order valence-corrected chi connectivity index (χ4v) is 3.89. The van der Waals surface area contributed by atoms with Gasteiger partial charge in [0.25, 0.3) is 0 Å². The molecule has 0 spiro atoms. The maximum Gasteiger partial charge on any atom is 0.308 e. The third-order valence-corrected chi connectivity index (χ3v) is 5.36. The van der Waals surface area contributed by atoms with Crippen LogP contribution >= 0.6 is 0 Å². The van der Waals surface area contributed by atoms with Gasteiger partial charge in [-0.15, -0.1) is 0 Å². The maximum absolute atomic E-state index is 12.4. The highest BCUT2D eigenvalue weighted by Crippen LogP contribution is 2.43. The summed E-state index contributed by atoms with van der Waals surface area (Å²) in [6.07, 6.45) is 3.29. The molecule has 1 aliphatic carbocycles. The molecule has 1 saturated heterocycles. The fraction of sp³-hybridized carbons (Fsp3) is 0.556. The Bertz CT molecular complexity index is 551. The smallest absolute Gasteiger partial charge is 0.308 e. The van der Waals surface area contributed by atoms with E-state index in [-0.39, 0.29) is 11.9 Å². The van der Waals surface area contributed by atoms with Crippen LogP contribution in [0.3, 0.4) is 0 Å². The minimum Gasteiger partial charge on any atom is -0.481 e. The first-order valence-electron chi connectivity index (χ1n) is 8.13. The number of benzene rings is 1. The highest BCUT2D eigenvalue weighted by molar-refractivity contribution is 5.79. The van der Waals surface area contributed by atoms with Gasteiger partial charge < -0.3 is 10.0 Å². The molecule has 118 valence electrons. The van der Waals surface area contributed by atoms with Crippen molar-refractivity contribution in [3.05, 3.63) is 35.9 Å². The van der Waals surface area contributed by atoms with E-state index in [1.54, 1.807) is 4.90 Å². The monoisotopic (exact) mass is 301 g/mol. The molecule has 1 amide bonds. The van der Waals surface area contributed by atoms with Crippen LogP contribution < -0.4 is 0 Å². The molecule has 2 aliphatic rings. The molecule has 0 radical (unpaired) electrons. The van der Waals surface area contributed by atoms with Gasteiger partial charge in [0.2, 0.25) is 5.91 Å². The molecule has 4 heteroatoms. The van der Waals surface area contributed by atoms with Crippen molar-refractivity contribution in [2.75, 3.05) is 6.54 Å². The SMILES string of the molecule is CC1C(C(=O)O)CCN1C(=O)CC1CC(c2ccccc2)C1. The summed E-state index contributed by atoms with van der Waals surface area (Å²) in [6, 6.07) is 10.3. The van der Waals surface area contributed by atoms with Crippen LogP contribution in [0.15, 0.2) is 30.3 Å². The molecule has 2 atom stereocenters. The summed E-state index contributed by atoms with van der Waals surface area (Å²) in [5.74, 6) is -0.0127. The summed E-state index contributed by atoms with van der Waals surface area (Å²) in [5.41, 5.74) is 1.37. The summed E-state index contributed by atoms with van der Waals surface area (Å²) in [7, 11) is 0. The summed E-state index contributed by atoms with van der Waals surface area (Å²) in [4.78, 5) is 25.3. The van der Waals surface area contributed by atoms with Crippen molar-refractivity contribution in [2.24, 2.45) is 11.8 Å². The summed E-state index contributed by atoms with van der Waals surface area (Å²) in [6.45, 7) is 2.45. The molecule has 1 N–H and O–H groups in total. The molecule has 0 bridgehead atoms. The quantitative estimate of drug-likeness (QED) is 0.930. The number of nitrogens with zero attached hydrogens (tertiary/aromatic N) is 1. The van der Waals surface area contributed by atoms with E-state index in [4.69, 9.17) is 5.11 Å². The fourth-order valence-electron chi connectivity index (χ4n) is 3.89. The van der Waals surface area contributed by atoms with Gasteiger partial charge in [0.05, 0.1) is 5.92 Å². The second-order valence-corrected chi connectivity index (χ2v) is 6.71. The molecule has 1 aromatic carbocycles. The molecule has 3 rings (SSSR count). The molecular weight excluding hydrogens is 278 g/mol. The average Bonchev–Trinajstić information content (AvgIpc) is 2.85. The predicted molar refractivity (Wildman–Crippen MR) is 83.4 cm³/mol. The second-order valence-electron chi connectivity index (χ2n) is 6.71. The third-order valence-electron chi connectivity index (χ3n) is 5.36. The van der Waals surface area contributed by atoms with Gasteiger partial charge in [-0.1, -0.05) is 30.3 Å². The maximum atomic E-state index is 12.4. The van der Waals surface area contributed by atoms with Gasteiger partial charge in [0.15, 0.2) is 0 Å². The van der Waals surface area contributed by atoms with Crippen LogP contribution in [-0.2, 0) is 9.59 Å². The molecule has 0 aromatic heterocycles. The first kappa shape index (κ1) is 15.1. The van der Waals surface area contributed by atoms with Crippen molar-refractivity contribution in [1.29, 1.82) is 0 Å². The first-order chi connectivity index (χ1) is 10.6. The van der Waals surface area contributed by atoms with Crippen molar-refractivity contribution in [3.63, 3.8) is 0 Å².